The van der Waals surface area contributed by atoms with Crippen molar-refractivity contribution in [2.75, 3.05) is 32.9 Å². The molecule has 0 rings (SSSR count). The standard InChI is InChI=1S/C34H69NO3/c1-3-5-7-9-11-12-15-20-27-33-38-34(36)28-22-21-24-30-35-29-23-17-13-16-19-26-32-37-31-25-18-14-10-8-6-4-2/h35H,3-33H2,1-2H3. The van der Waals surface area contributed by atoms with Gasteiger partial charge < -0.3 is 14.8 Å². The first-order valence-electron chi connectivity index (χ1n) is 17.2. The lowest BCUT2D eigenvalue weighted by Crippen LogP contribution is -2.16. The van der Waals surface area contributed by atoms with E-state index in [-0.39, 0.29) is 5.97 Å². The number of rotatable bonds is 33. The van der Waals surface area contributed by atoms with Gasteiger partial charge in [-0.1, -0.05) is 136 Å². The Morgan fingerprint density at radius 1 is 0.447 bits per heavy atom. The van der Waals surface area contributed by atoms with Crippen LogP contribution in [0.3, 0.4) is 0 Å². The summed E-state index contributed by atoms with van der Waals surface area (Å²) in [5, 5.41) is 3.56. The molecular weight excluding hydrogens is 470 g/mol. The van der Waals surface area contributed by atoms with Crippen LogP contribution >= 0.6 is 0 Å². The Balaban J connectivity index is 3.12. The van der Waals surface area contributed by atoms with Crippen LogP contribution in [0.25, 0.3) is 0 Å². The second-order valence-electron chi connectivity index (χ2n) is 11.5. The molecule has 0 radical (unpaired) electrons. The molecule has 0 heterocycles. The van der Waals surface area contributed by atoms with Crippen LogP contribution < -0.4 is 5.32 Å². The molecule has 0 aromatic carbocycles. The molecular formula is C34H69NO3. The highest BCUT2D eigenvalue weighted by atomic mass is 16.5. The molecule has 0 aliphatic rings. The average Bonchev–Trinajstić information content (AvgIpc) is 2.92. The third-order valence-corrected chi connectivity index (χ3v) is 7.53. The summed E-state index contributed by atoms with van der Waals surface area (Å²) in [7, 11) is 0. The van der Waals surface area contributed by atoms with Crippen LogP contribution in [0.2, 0.25) is 0 Å². The second kappa shape index (κ2) is 34.4. The largest absolute Gasteiger partial charge is 0.466 e. The minimum Gasteiger partial charge on any atom is -0.466 e. The van der Waals surface area contributed by atoms with Crippen LogP contribution in [0.1, 0.15) is 181 Å². The Hall–Kier alpha value is -0.610. The zero-order valence-corrected chi connectivity index (χ0v) is 26.1. The van der Waals surface area contributed by atoms with Crippen LogP contribution in [0, 0.1) is 0 Å². The summed E-state index contributed by atoms with van der Waals surface area (Å²) in [4.78, 5) is 11.8. The Kier molecular flexibility index (Phi) is 33.9. The zero-order valence-electron chi connectivity index (χ0n) is 26.1. The summed E-state index contributed by atoms with van der Waals surface area (Å²) < 4.78 is 11.2. The molecule has 0 bridgehead atoms. The van der Waals surface area contributed by atoms with Crippen molar-refractivity contribution in [3.8, 4) is 0 Å². The highest BCUT2D eigenvalue weighted by Gasteiger charge is 2.02. The van der Waals surface area contributed by atoms with E-state index in [1.165, 1.54) is 135 Å². The average molecular weight is 540 g/mol. The number of hydrogen-bond donors (Lipinski definition) is 1. The van der Waals surface area contributed by atoms with E-state index in [4.69, 9.17) is 9.47 Å². The second-order valence-corrected chi connectivity index (χ2v) is 11.5. The minimum atomic E-state index is -0.00254. The molecule has 0 fully saturated rings. The summed E-state index contributed by atoms with van der Waals surface area (Å²) >= 11 is 0. The van der Waals surface area contributed by atoms with Gasteiger partial charge in [-0.05, 0) is 51.6 Å². The molecule has 0 aliphatic heterocycles. The molecule has 4 nitrogen and oxygen atoms in total. The topological polar surface area (TPSA) is 47.6 Å². The first-order chi connectivity index (χ1) is 18.8. The van der Waals surface area contributed by atoms with Crippen molar-refractivity contribution in [1.82, 2.24) is 5.32 Å². The van der Waals surface area contributed by atoms with Gasteiger partial charge in [0.05, 0.1) is 6.61 Å². The molecule has 0 saturated carbocycles. The molecule has 0 saturated heterocycles. The molecule has 0 amide bonds. The zero-order chi connectivity index (χ0) is 27.6. The first kappa shape index (κ1) is 37.4. The van der Waals surface area contributed by atoms with Crippen LogP contribution in [0.4, 0.5) is 0 Å². The summed E-state index contributed by atoms with van der Waals surface area (Å²) in [6, 6.07) is 0. The Morgan fingerprint density at radius 2 is 0.816 bits per heavy atom. The SMILES string of the molecule is CCCCCCCCCCCOC(=O)CCCCCNCCCCCCCCOCCCCCCCCC. The van der Waals surface area contributed by atoms with Gasteiger partial charge >= 0.3 is 5.97 Å². The van der Waals surface area contributed by atoms with E-state index in [1.807, 2.05) is 0 Å². The third kappa shape index (κ3) is 33.4. The number of hydrogen-bond acceptors (Lipinski definition) is 4. The maximum absolute atomic E-state index is 11.8. The van der Waals surface area contributed by atoms with Crippen LogP contribution in [-0.4, -0.2) is 38.9 Å². The van der Waals surface area contributed by atoms with Gasteiger partial charge in [0.2, 0.25) is 0 Å². The Morgan fingerprint density at radius 3 is 1.29 bits per heavy atom. The van der Waals surface area contributed by atoms with E-state index >= 15 is 0 Å². The fraction of sp³-hybridized carbons (Fsp3) is 0.971. The van der Waals surface area contributed by atoms with E-state index in [2.05, 4.69) is 19.2 Å². The van der Waals surface area contributed by atoms with Crippen molar-refractivity contribution >= 4 is 5.97 Å². The van der Waals surface area contributed by atoms with E-state index in [0.29, 0.717) is 13.0 Å². The van der Waals surface area contributed by atoms with Gasteiger partial charge in [0.15, 0.2) is 0 Å². The number of carbonyl (C=O) groups is 1. The van der Waals surface area contributed by atoms with Crippen molar-refractivity contribution < 1.29 is 14.3 Å². The van der Waals surface area contributed by atoms with Crippen molar-refractivity contribution in [2.45, 2.75) is 181 Å². The number of nitrogens with one attached hydrogen (secondary N) is 1. The third-order valence-electron chi connectivity index (χ3n) is 7.53. The maximum Gasteiger partial charge on any atom is 0.305 e. The first-order valence-corrected chi connectivity index (χ1v) is 17.2. The molecule has 0 aromatic heterocycles. The molecule has 0 aromatic rings. The molecule has 0 aliphatic carbocycles. The Bertz CT molecular complexity index is 443. The lowest BCUT2D eigenvalue weighted by molar-refractivity contribution is -0.143. The number of esters is 1. The van der Waals surface area contributed by atoms with Crippen molar-refractivity contribution in [3.05, 3.63) is 0 Å². The van der Waals surface area contributed by atoms with E-state index < -0.39 is 0 Å². The van der Waals surface area contributed by atoms with E-state index in [0.717, 1.165) is 52.0 Å². The summed E-state index contributed by atoms with van der Waals surface area (Å²) in [5.74, 6) is -0.00254. The molecule has 0 atom stereocenters. The van der Waals surface area contributed by atoms with Crippen molar-refractivity contribution in [2.24, 2.45) is 0 Å². The van der Waals surface area contributed by atoms with Crippen LogP contribution in [0.15, 0.2) is 0 Å². The summed E-state index contributed by atoms with van der Waals surface area (Å²) in [6.07, 6.45) is 32.8. The van der Waals surface area contributed by atoms with Gasteiger partial charge in [-0.15, -0.1) is 0 Å². The van der Waals surface area contributed by atoms with Crippen molar-refractivity contribution in [1.29, 1.82) is 0 Å². The molecule has 4 heteroatoms. The van der Waals surface area contributed by atoms with Gasteiger partial charge in [-0.2, -0.15) is 0 Å². The monoisotopic (exact) mass is 540 g/mol. The fourth-order valence-electron chi connectivity index (χ4n) is 4.92. The van der Waals surface area contributed by atoms with Gasteiger partial charge in [0.25, 0.3) is 0 Å². The molecule has 38 heavy (non-hydrogen) atoms. The lowest BCUT2D eigenvalue weighted by atomic mass is 10.1. The van der Waals surface area contributed by atoms with E-state index in [9.17, 15) is 4.79 Å². The van der Waals surface area contributed by atoms with Crippen molar-refractivity contribution in [3.63, 3.8) is 0 Å². The van der Waals surface area contributed by atoms with Gasteiger partial charge in [-0.25, -0.2) is 0 Å². The normalized spacial score (nSPS) is 11.3. The van der Waals surface area contributed by atoms with E-state index in [1.54, 1.807) is 0 Å². The smallest absolute Gasteiger partial charge is 0.305 e. The predicted octanol–water partition coefficient (Wildman–Crippen LogP) is 10.3. The fourth-order valence-corrected chi connectivity index (χ4v) is 4.92. The highest BCUT2D eigenvalue weighted by Crippen LogP contribution is 2.10. The number of unbranched alkanes of at least 4 members (excludes halogenated alkanes) is 21. The lowest BCUT2D eigenvalue weighted by Gasteiger charge is -2.07. The summed E-state index contributed by atoms with van der Waals surface area (Å²) in [6.45, 7) is 9.27. The Labute approximate surface area is 239 Å². The molecule has 0 unspecified atom stereocenters. The predicted molar refractivity (Wildman–Crippen MR) is 166 cm³/mol. The van der Waals surface area contributed by atoms with Gasteiger partial charge in [0.1, 0.15) is 0 Å². The number of carbonyl (C=O) groups excluding carboxylic acids is 1. The highest BCUT2D eigenvalue weighted by molar-refractivity contribution is 5.69. The van der Waals surface area contributed by atoms with Crippen LogP contribution in [0.5, 0.6) is 0 Å². The molecule has 0 spiro atoms. The molecule has 228 valence electrons. The van der Waals surface area contributed by atoms with Crippen LogP contribution in [-0.2, 0) is 14.3 Å². The van der Waals surface area contributed by atoms with Gasteiger partial charge in [0, 0.05) is 19.6 Å². The number of ether oxygens (including phenoxy) is 2. The molecule has 1 N–H and O–H groups in total. The minimum absolute atomic E-state index is 0.00254. The maximum atomic E-state index is 11.8. The summed E-state index contributed by atoms with van der Waals surface area (Å²) in [5.41, 5.74) is 0. The quantitative estimate of drug-likeness (QED) is 0.0665. The van der Waals surface area contributed by atoms with Gasteiger partial charge in [-0.3, -0.25) is 4.79 Å².